The van der Waals surface area contributed by atoms with Gasteiger partial charge in [-0.15, -0.1) is 5.10 Å². The van der Waals surface area contributed by atoms with Gasteiger partial charge in [0.25, 0.3) is 5.56 Å². The van der Waals surface area contributed by atoms with Crippen molar-refractivity contribution in [2.75, 3.05) is 32.7 Å². The summed E-state index contributed by atoms with van der Waals surface area (Å²) in [5.41, 5.74) is 3.03. The fourth-order valence-electron chi connectivity index (χ4n) is 3.65. The lowest BCUT2D eigenvalue weighted by atomic mass is 10.2. The van der Waals surface area contributed by atoms with Gasteiger partial charge in [-0.25, -0.2) is 9.36 Å². The van der Waals surface area contributed by atoms with E-state index in [4.69, 9.17) is 0 Å². The monoisotopic (exact) mass is 394 g/mol. The van der Waals surface area contributed by atoms with Gasteiger partial charge < -0.3 is 0 Å². The minimum absolute atomic E-state index is 0.0842. The molecule has 0 saturated carbocycles. The molecule has 4 heterocycles. The fraction of sp³-hybridized carbons (Fsp3) is 0.450. The molecular weight excluding hydrogens is 368 g/mol. The highest BCUT2D eigenvalue weighted by Crippen LogP contribution is 2.09. The van der Waals surface area contributed by atoms with Crippen molar-refractivity contribution in [2.45, 2.75) is 26.9 Å². The molecule has 29 heavy (non-hydrogen) atoms. The number of aryl methyl sites for hydroxylation is 2. The molecule has 0 radical (unpaired) electrons. The van der Waals surface area contributed by atoms with Gasteiger partial charge in [0.1, 0.15) is 0 Å². The Morgan fingerprint density at radius 2 is 1.72 bits per heavy atom. The summed E-state index contributed by atoms with van der Waals surface area (Å²) in [6.45, 7) is 10.2. The van der Waals surface area contributed by atoms with Crippen LogP contribution >= 0.6 is 0 Å². The zero-order valence-corrected chi connectivity index (χ0v) is 16.9. The fourth-order valence-corrected chi connectivity index (χ4v) is 3.65. The molecule has 0 atom stereocenters. The largest absolute Gasteiger partial charge is 0.299 e. The Bertz CT molecular complexity index is 1000. The Labute approximate surface area is 169 Å². The van der Waals surface area contributed by atoms with E-state index < -0.39 is 0 Å². The van der Waals surface area contributed by atoms with Crippen molar-refractivity contribution in [1.29, 1.82) is 0 Å². The molecule has 152 valence electrons. The Kier molecular flexibility index (Phi) is 5.77. The third-order valence-corrected chi connectivity index (χ3v) is 5.22. The van der Waals surface area contributed by atoms with E-state index in [1.807, 2.05) is 32.2 Å². The zero-order valence-electron chi connectivity index (χ0n) is 16.9. The van der Waals surface area contributed by atoms with E-state index in [2.05, 4.69) is 30.2 Å². The molecule has 9 heteroatoms. The van der Waals surface area contributed by atoms with Crippen molar-refractivity contribution in [1.82, 2.24) is 39.6 Å². The third kappa shape index (κ3) is 4.75. The topological polar surface area (TPSA) is 85.0 Å². The molecule has 9 nitrogen and oxygen atoms in total. The van der Waals surface area contributed by atoms with Crippen LogP contribution in [0.15, 0.2) is 41.5 Å². The minimum Gasteiger partial charge on any atom is -0.299 e. The van der Waals surface area contributed by atoms with Crippen molar-refractivity contribution in [3.8, 4) is 5.82 Å². The molecule has 0 spiro atoms. The van der Waals surface area contributed by atoms with Crippen molar-refractivity contribution >= 4 is 0 Å². The number of nitrogens with zero attached hydrogens (tertiary/aromatic N) is 8. The molecule has 1 aliphatic rings. The van der Waals surface area contributed by atoms with Crippen LogP contribution < -0.4 is 5.56 Å². The molecule has 3 aromatic rings. The summed E-state index contributed by atoms with van der Waals surface area (Å²) in [5, 5.41) is 16.8. The predicted octanol–water partition coefficient (Wildman–Crippen LogP) is 0.654. The van der Waals surface area contributed by atoms with Gasteiger partial charge in [0.15, 0.2) is 5.82 Å². The van der Waals surface area contributed by atoms with Crippen molar-refractivity contribution in [3.05, 3.63) is 64.0 Å². The second kappa shape index (κ2) is 8.62. The van der Waals surface area contributed by atoms with E-state index in [9.17, 15) is 4.79 Å². The molecule has 1 fully saturated rings. The molecule has 0 amide bonds. The average Bonchev–Trinajstić information content (AvgIpc) is 3.07. The van der Waals surface area contributed by atoms with Crippen molar-refractivity contribution < 1.29 is 0 Å². The van der Waals surface area contributed by atoms with Crippen LogP contribution in [0.5, 0.6) is 0 Å². The maximum atomic E-state index is 12.3. The van der Waals surface area contributed by atoms with Gasteiger partial charge in [-0.1, -0.05) is 0 Å². The van der Waals surface area contributed by atoms with E-state index in [0.717, 1.165) is 50.7 Å². The Balaban J connectivity index is 1.33. The molecule has 0 bridgehead atoms. The first-order valence-corrected chi connectivity index (χ1v) is 9.90. The number of rotatable bonds is 6. The Hall–Kier alpha value is -2.91. The summed E-state index contributed by atoms with van der Waals surface area (Å²) < 4.78 is 3.32. The van der Waals surface area contributed by atoms with Crippen molar-refractivity contribution in [2.24, 2.45) is 0 Å². The first kappa shape index (κ1) is 19.4. The van der Waals surface area contributed by atoms with E-state index in [1.165, 1.54) is 5.56 Å². The van der Waals surface area contributed by atoms with Gasteiger partial charge in [0.05, 0.1) is 18.4 Å². The molecule has 0 aromatic carbocycles. The van der Waals surface area contributed by atoms with Crippen LogP contribution in [0.1, 0.15) is 17.0 Å². The van der Waals surface area contributed by atoms with E-state index in [0.29, 0.717) is 12.4 Å². The van der Waals surface area contributed by atoms with Crippen LogP contribution in [-0.2, 0) is 13.1 Å². The van der Waals surface area contributed by atoms with Crippen LogP contribution in [0.25, 0.3) is 5.82 Å². The first-order valence-electron chi connectivity index (χ1n) is 9.90. The second-order valence-corrected chi connectivity index (χ2v) is 7.46. The summed E-state index contributed by atoms with van der Waals surface area (Å²) in [4.78, 5) is 17.1. The van der Waals surface area contributed by atoms with E-state index in [1.54, 1.807) is 27.7 Å². The number of hydrogen-bond acceptors (Lipinski definition) is 7. The number of aromatic nitrogens is 6. The summed E-state index contributed by atoms with van der Waals surface area (Å²) in [6.07, 6.45) is 3.55. The Morgan fingerprint density at radius 1 is 0.931 bits per heavy atom. The van der Waals surface area contributed by atoms with Crippen LogP contribution in [0, 0.1) is 13.8 Å². The minimum atomic E-state index is -0.0842. The van der Waals surface area contributed by atoms with Gasteiger partial charge >= 0.3 is 0 Å². The maximum absolute atomic E-state index is 12.3. The second-order valence-electron chi connectivity index (χ2n) is 7.46. The van der Waals surface area contributed by atoms with Gasteiger partial charge in [0, 0.05) is 57.2 Å². The van der Waals surface area contributed by atoms with Crippen LogP contribution in [0.2, 0.25) is 0 Å². The maximum Gasteiger partial charge on any atom is 0.266 e. The standard InChI is InChI=1S/C20H26N8O/c1-16-13-17(2)28(23-16)19-3-4-20(29)27(24-19)12-11-25-7-9-26(10-8-25)15-18-5-6-21-22-14-18/h3-6,13-14H,7-12,15H2,1-2H3. The van der Waals surface area contributed by atoms with E-state index in [-0.39, 0.29) is 5.56 Å². The average molecular weight is 394 g/mol. The summed E-state index contributed by atoms with van der Waals surface area (Å²) in [7, 11) is 0. The summed E-state index contributed by atoms with van der Waals surface area (Å²) >= 11 is 0. The molecule has 1 saturated heterocycles. The highest BCUT2D eigenvalue weighted by Gasteiger charge is 2.17. The lowest BCUT2D eigenvalue weighted by molar-refractivity contribution is 0.122. The quantitative estimate of drug-likeness (QED) is 0.607. The highest BCUT2D eigenvalue weighted by atomic mass is 16.1. The van der Waals surface area contributed by atoms with Gasteiger partial charge in [-0.3, -0.25) is 14.6 Å². The molecular formula is C20H26N8O. The molecule has 0 unspecified atom stereocenters. The van der Waals surface area contributed by atoms with Crippen LogP contribution in [-0.4, -0.2) is 72.3 Å². The highest BCUT2D eigenvalue weighted by molar-refractivity contribution is 5.23. The van der Waals surface area contributed by atoms with Crippen LogP contribution in [0.3, 0.4) is 0 Å². The molecule has 4 rings (SSSR count). The van der Waals surface area contributed by atoms with Gasteiger partial charge in [0.2, 0.25) is 0 Å². The Morgan fingerprint density at radius 3 is 2.41 bits per heavy atom. The van der Waals surface area contributed by atoms with Crippen molar-refractivity contribution in [3.63, 3.8) is 0 Å². The smallest absolute Gasteiger partial charge is 0.266 e. The van der Waals surface area contributed by atoms with Gasteiger partial charge in [-0.2, -0.15) is 15.3 Å². The van der Waals surface area contributed by atoms with E-state index >= 15 is 0 Å². The lowest BCUT2D eigenvalue weighted by Gasteiger charge is -2.34. The normalized spacial score (nSPS) is 15.7. The molecule has 1 aliphatic heterocycles. The van der Waals surface area contributed by atoms with Gasteiger partial charge in [-0.05, 0) is 37.6 Å². The predicted molar refractivity (Wildman–Crippen MR) is 109 cm³/mol. The number of piperazine rings is 1. The molecule has 3 aromatic heterocycles. The molecule has 0 N–H and O–H groups in total. The summed E-state index contributed by atoms with van der Waals surface area (Å²) in [5.74, 6) is 0.672. The zero-order chi connectivity index (χ0) is 20.2. The number of hydrogen-bond donors (Lipinski definition) is 0. The SMILES string of the molecule is Cc1cc(C)n(-c2ccc(=O)n(CCN3CCN(Cc4ccnnc4)CC3)n2)n1. The third-order valence-electron chi connectivity index (χ3n) is 5.22. The van der Waals surface area contributed by atoms with Crippen LogP contribution in [0.4, 0.5) is 0 Å². The molecule has 0 aliphatic carbocycles. The first-order chi connectivity index (χ1) is 14.1. The lowest BCUT2D eigenvalue weighted by Crippen LogP contribution is -2.47. The summed E-state index contributed by atoms with van der Waals surface area (Å²) in [6, 6.07) is 7.30.